The molecule has 1 heterocycles. The summed E-state index contributed by atoms with van der Waals surface area (Å²) in [5.41, 5.74) is -0.578. The van der Waals surface area contributed by atoms with Crippen LogP contribution in [0.15, 0.2) is 41.2 Å². The van der Waals surface area contributed by atoms with Gasteiger partial charge in [-0.15, -0.1) is 0 Å². The number of carbonyl (C=O) groups is 1. The van der Waals surface area contributed by atoms with E-state index >= 15 is 0 Å². The predicted molar refractivity (Wildman–Crippen MR) is 70.6 cm³/mol. The molecule has 0 fully saturated rings. The first kappa shape index (κ1) is 13.2. The summed E-state index contributed by atoms with van der Waals surface area (Å²) < 4.78 is 0. The van der Waals surface area contributed by atoms with Crippen LogP contribution in [0.2, 0.25) is 0 Å². The summed E-state index contributed by atoms with van der Waals surface area (Å²) in [4.78, 5) is 32.6. The first-order valence-electron chi connectivity index (χ1n) is 5.43. The molecule has 2 rings (SSSR count). The highest BCUT2D eigenvalue weighted by molar-refractivity contribution is 6.00. The Morgan fingerprint density at radius 3 is 2.60 bits per heavy atom. The molecule has 9 nitrogen and oxygen atoms in total. The largest absolute Gasteiger partial charge is 0.325 e. The van der Waals surface area contributed by atoms with Crippen molar-refractivity contribution in [1.82, 2.24) is 10.2 Å². The zero-order chi connectivity index (χ0) is 14.5. The van der Waals surface area contributed by atoms with Gasteiger partial charge in [-0.05, 0) is 12.1 Å². The SMILES string of the molecule is O=C(Nc1ccc(=O)[nH]n1)Nc1ccccc1[N+](=O)[O-]. The van der Waals surface area contributed by atoms with E-state index in [2.05, 4.69) is 20.8 Å². The van der Waals surface area contributed by atoms with Crippen molar-refractivity contribution < 1.29 is 9.72 Å². The molecule has 0 spiro atoms. The molecule has 1 aromatic heterocycles. The molecule has 2 aromatic rings. The number of H-pyrrole nitrogens is 1. The van der Waals surface area contributed by atoms with Crippen LogP contribution in [0, 0.1) is 10.1 Å². The van der Waals surface area contributed by atoms with Crippen molar-refractivity contribution in [2.45, 2.75) is 0 Å². The third-order valence-electron chi connectivity index (χ3n) is 2.27. The number of nitrogens with one attached hydrogen (secondary N) is 3. The van der Waals surface area contributed by atoms with Gasteiger partial charge < -0.3 is 5.32 Å². The first-order valence-corrected chi connectivity index (χ1v) is 5.43. The molecular weight excluding hydrogens is 266 g/mol. The zero-order valence-electron chi connectivity index (χ0n) is 9.99. The summed E-state index contributed by atoms with van der Waals surface area (Å²) in [6.07, 6.45) is 0. The van der Waals surface area contributed by atoms with E-state index in [9.17, 15) is 19.7 Å². The minimum atomic E-state index is -0.709. The molecule has 2 amide bonds. The average molecular weight is 275 g/mol. The van der Waals surface area contributed by atoms with Crippen LogP contribution in [0.1, 0.15) is 0 Å². The molecule has 0 aliphatic rings. The van der Waals surface area contributed by atoms with E-state index in [1.807, 2.05) is 0 Å². The van der Waals surface area contributed by atoms with Gasteiger partial charge in [-0.25, -0.2) is 9.89 Å². The standard InChI is InChI=1S/C11H9N5O4/c17-10-6-5-9(14-15-10)13-11(18)12-7-3-1-2-4-8(7)16(19)20/h1-6H,(H,15,17)(H2,12,13,14,18). The Morgan fingerprint density at radius 2 is 1.95 bits per heavy atom. The number of carbonyl (C=O) groups excluding carboxylic acids is 1. The highest BCUT2D eigenvalue weighted by atomic mass is 16.6. The number of rotatable bonds is 3. The highest BCUT2D eigenvalue weighted by Gasteiger charge is 2.14. The molecule has 0 saturated heterocycles. The van der Waals surface area contributed by atoms with Crippen LogP contribution in [0.4, 0.5) is 22.0 Å². The molecule has 0 radical (unpaired) electrons. The number of urea groups is 1. The number of benzene rings is 1. The van der Waals surface area contributed by atoms with Gasteiger partial charge in [0.15, 0.2) is 5.82 Å². The Morgan fingerprint density at radius 1 is 1.20 bits per heavy atom. The van der Waals surface area contributed by atoms with Crippen LogP contribution in [-0.4, -0.2) is 21.2 Å². The van der Waals surface area contributed by atoms with Crippen LogP contribution in [-0.2, 0) is 0 Å². The number of nitro groups is 1. The smallest absolute Gasteiger partial charge is 0.302 e. The number of anilines is 2. The van der Waals surface area contributed by atoms with Gasteiger partial charge in [0.1, 0.15) is 5.69 Å². The number of aromatic nitrogens is 2. The topological polar surface area (TPSA) is 130 Å². The summed E-state index contributed by atoms with van der Waals surface area (Å²) >= 11 is 0. The monoisotopic (exact) mass is 275 g/mol. The normalized spacial score (nSPS) is 9.80. The predicted octanol–water partition coefficient (Wildman–Crippen LogP) is 1.32. The highest BCUT2D eigenvalue weighted by Crippen LogP contribution is 2.23. The molecule has 102 valence electrons. The molecule has 0 aliphatic carbocycles. The zero-order valence-corrected chi connectivity index (χ0v) is 9.99. The lowest BCUT2D eigenvalue weighted by Crippen LogP contribution is -2.21. The van der Waals surface area contributed by atoms with Gasteiger partial charge in [0.25, 0.3) is 11.2 Å². The Hall–Kier alpha value is -3.23. The molecule has 0 saturated carbocycles. The van der Waals surface area contributed by atoms with Gasteiger partial charge in [0, 0.05) is 12.1 Å². The van der Waals surface area contributed by atoms with Crippen LogP contribution >= 0.6 is 0 Å². The maximum absolute atomic E-state index is 11.7. The van der Waals surface area contributed by atoms with Crippen molar-refractivity contribution in [1.29, 1.82) is 0 Å². The Labute approximate surface area is 111 Å². The lowest BCUT2D eigenvalue weighted by atomic mass is 10.3. The maximum atomic E-state index is 11.7. The van der Waals surface area contributed by atoms with Crippen LogP contribution in [0.3, 0.4) is 0 Å². The molecule has 20 heavy (non-hydrogen) atoms. The van der Waals surface area contributed by atoms with Crippen molar-refractivity contribution in [2.24, 2.45) is 0 Å². The van der Waals surface area contributed by atoms with Crippen molar-refractivity contribution >= 4 is 23.2 Å². The van der Waals surface area contributed by atoms with Crippen molar-refractivity contribution in [2.75, 3.05) is 10.6 Å². The van der Waals surface area contributed by atoms with Gasteiger partial charge in [-0.3, -0.25) is 20.2 Å². The summed E-state index contributed by atoms with van der Waals surface area (Å²) in [6, 6.07) is 7.50. The molecule has 0 atom stereocenters. The fourth-order valence-electron chi connectivity index (χ4n) is 1.42. The number of para-hydroxylation sites is 2. The Kier molecular flexibility index (Phi) is 3.70. The molecule has 1 aromatic carbocycles. The van der Waals surface area contributed by atoms with Crippen molar-refractivity contribution in [3.8, 4) is 0 Å². The van der Waals surface area contributed by atoms with Gasteiger partial charge in [0.2, 0.25) is 0 Å². The van der Waals surface area contributed by atoms with E-state index in [1.54, 1.807) is 6.07 Å². The fourth-order valence-corrected chi connectivity index (χ4v) is 1.42. The van der Waals surface area contributed by atoms with E-state index in [0.29, 0.717) is 0 Å². The van der Waals surface area contributed by atoms with E-state index < -0.39 is 16.5 Å². The van der Waals surface area contributed by atoms with Crippen molar-refractivity contribution in [3.63, 3.8) is 0 Å². The van der Waals surface area contributed by atoms with Gasteiger partial charge >= 0.3 is 6.03 Å². The summed E-state index contributed by atoms with van der Waals surface area (Å²) in [5, 5.41) is 21.2. The summed E-state index contributed by atoms with van der Waals surface area (Å²) in [7, 11) is 0. The lowest BCUT2D eigenvalue weighted by Gasteiger charge is -2.06. The fraction of sp³-hybridized carbons (Fsp3) is 0. The number of amides is 2. The van der Waals surface area contributed by atoms with Crippen LogP contribution in [0.25, 0.3) is 0 Å². The minimum Gasteiger partial charge on any atom is -0.302 e. The minimum absolute atomic E-state index is 0.0550. The summed E-state index contributed by atoms with van der Waals surface area (Å²) in [6.45, 7) is 0. The number of aromatic amines is 1. The molecule has 0 bridgehead atoms. The number of nitro benzene ring substituents is 1. The maximum Gasteiger partial charge on any atom is 0.325 e. The average Bonchev–Trinajstić information content (AvgIpc) is 2.41. The molecule has 9 heteroatoms. The quantitative estimate of drug-likeness (QED) is 0.574. The second-order valence-corrected chi connectivity index (χ2v) is 3.66. The molecule has 0 unspecified atom stereocenters. The number of hydrogen-bond donors (Lipinski definition) is 3. The van der Waals surface area contributed by atoms with Gasteiger partial charge in [0.05, 0.1) is 4.92 Å². The third-order valence-corrected chi connectivity index (χ3v) is 2.27. The van der Waals surface area contributed by atoms with Crippen LogP contribution in [0.5, 0.6) is 0 Å². The number of hydrogen-bond acceptors (Lipinski definition) is 5. The first-order chi connectivity index (χ1) is 9.56. The Bertz CT molecular complexity index is 691. The van der Waals surface area contributed by atoms with E-state index in [-0.39, 0.29) is 17.2 Å². The van der Waals surface area contributed by atoms with E-state index in [0.717, 1.165) is 0 Å². The molecular formula is C11H9N5O4. The van der Waals surface area contributed by atoms with Gasteiger partial charge in [-0.1, -0.05) is 12.1 Å². The lowest BCUT2D eigenvalue weighted by molar-refractivity contribution is -0.383. The van der Waals surface area contributed by atoms with Gasteiger partial charge in [-0.2, -0.15) is 5.10 Å². The Balaban J connectivity index is 2.10. The van der Waals surface area contributed by atoms with Crippen LogP contribution < -0.4 is 16.2 Å². The van der Waals surface area contributed by atoms with Crippen molar-refractivity contribution in [3.05, 3.63) is 56.9 Å². The third kappa shape index (κ3) is 3.16. The second-order valence-electron chi connectivity index (χ2n) is 3.66. The summed E-state index contributed by atoms with van der Waals surface area (Å²) in [5.74, 6) is 0.112. The second kappa shape index (κ2) is 5.61. The molecule has 3 N–H and O–H groups in total. The molecule has 0 aliphatic heterocycles. The van der Waals surface area contributed by atoms with E-state index in [4.69, 9.17) is 0 Å². The number of nitrogens with zero attached hydrogens (tertiary/aromatic N) is 2. The van der Waals surface area contributed by atoms with E-state index in [1.165, 1.54) is 30.3 Å².